The third-order valence-electron chi connectivity index (χ3n) is 3.00. The van der Waals surface area contributed by atoms with E-state index in [0.717, 1.165) is 14.5 Å². The summed E-state index contributed by atoms with van der Waals surface area (Å²) in [7, 11) is 0. The topological polar surface area (TPSA) is 52.9 Å². The summed E-state index contributed by atoms with van der Waals surface area (Å²) in [5.74, 6) is -0.502. The summed E-state index contributed by atoms with van der Waals surface area (Å²) in [5.41, 5.74) is 2.19. The fourth-order valence-corrected chi connectivity index (χ4v) is 3.70. The van der Waals surface area contributed by atoms with Crippen molar-refractivity contribution in [3.63, 3.8) is 0 Å². The normalized spacial score (nSPS) is 11.0. The van der Waals surface area contributed by atoms with E-state index in [0.29, 0.717) is 16.3 Å². The number of benzene rings is 2. The fraction of sp³-hybridized carbons (Fsp3) is 0.0588. The highest BCUT2D eigenvalue weighted by molar-refractivity contribution is 9.11. The number of rotatable bonds is 3. The number of hydrogen-bond acceptors (Lipinski definition) is 2. The highest BCUT2D eigenvalue weighted by atomic mass is 79.9. The number of anilines is 1. The van der Waals surface area contributed by atoms with Crippen LogP contribution in [0.3, 0.4) is 0 Å². The number of nitriles is 1. The molecule has 0 aromatic heterocycles. The number of hydrogen-bond donors (Lipinski definition) is 1. The van der Waals surface area contributed by atoms with E-state index in [4.69, 9.17) is 11.6 Å². The first-order valence-electron chi connectivity index (χ1n) is 6.55. The molecular weight excluding hydrogens is 443 g/mol. The van der Waals surface area contributed by atoms with Gasteiger partial charge in [-0.15, -0.1) is 0 Å². The first kappa shape index (κ1) is 17.7. The molecule has 0 unspecified atom stereocenters. The van der Waals surface area contributed by atoms with Crippen molar-refractivity contribution in [2.24, 2.45) is 0 Å². The Morgan fingerprint density at radius 3 is 2.43 bits per heavy atom. The molecule has 3 nitrogen and oxygen atoms in total. The Kier molecular flexibility index (Phi) is 6.00. The average molecular weight is 455 g/mol. The Labute approximate surface area is 156 Å². The van der Waals surface area contributed by atoms with Gasteiger partial charge in [-0.05, 0) is 74.2 Å². The second-order valence-corrected chi connectivity index (χ2v) is 6.86. The lowest BCUT2D eigenvalue weighted by atomic mass is 10.1. The van der Waals surface area contributed by atoms with E-state index in [2.05, 4.69) is 37.2 Å². The van der Waals surface area contributed by atoms with Gasteiger partial charge in [-0.2, -0.15) is 5.26 Å². The quantitative estimate of drug-likeness (QED) is 0.476. The second kappa shape index (κ2) is 7.78. The van der Waals surface area contributed by atoms with Gasteiger partial charge in [-0.1, -0.05) is 29.8 Å². The Balaban J connectivity index is 2.33. The molecule has 0 fully saturated rings. The summed E-state index contributed by atoms with van der Waals surface area (Å²) in [6.45, 7) is 1.94. The zero-order valence-electron chi connectivity index (χ0n) is 12.0. The molecule has 0 aliphatic heterocycles. The number of halogens is 3. The number of aryl methyl sites for hydroxylation is 1. The first-order valence-corrected chi connectivity index (χ1v) is 8.52. The third-order valence-corrected chi connectivity index (χ3v) is 4.59. The molecule has 0 aliphatic carbocycles. The minimum absolute atomic E-state index is 0.0301. The van der Waals surface area contributed by atoms with Gasteiger partial charge in [0.05, 0.1) is 5.69 Å². The van der Waals surface area contributed by atoms with Gasteiger partial charge in [-0.25, -0.2) is 0 Å². The lowest BCUT2D eigenvalue weighted by Crippen LogP contribution is -2.14. The van der Waals surface area contributed by atoms with Crippen LogP contribution >= 0.6 is 43.5 Å². The molecule has 2 rings (SSSR count). The minimum atomic E-state index is -0.502. The molecule has 2 aromatic carbocycles. The highest BCUT2D eigenvalue weighted by Crippen LogP contribution is 2.32. The Morgan fingerprint density at radius 2 is 1.87 bits per heavy atom. The number of amides is 1. The summed E-state index contributed by atoms with van der Waals surface area (Å²) in [6, 6.07) is 12.7. The van der Waals surface area contributed by atoms with Crippen molar-refractivity contribution in [2.75, 3.05) is 5.32 Å². The monoisotopic (exact) mass is 452 g/mol. The molecule has 2 aromatic rings. The van der Waals surface area contributed by atoms with Crippen molar-refractivity contribution < 1.29 is 4.79 Å². The number of nitrogens with zero attached hydrogens (tertiary/aromatic N) is 1. The zero-order chi connectivity index (χ0) is 17.0. The van der Waals surface area contributed by atoms with Gasteiger partial charge < -0.3 is 5.32 Å². The molecule has 0 radical (unpaired) electrons. The van der Waals surface area contributed by atoms with E-state index in [-0.39, 0.29) is 5.57 Å². The molecule has 0 saturated carbocycles. The first-order chi connectivity index (χ1) is 10.9. The molecule has 0 atom stereocenters. The van der Waals surface area contributed by atoms with E-state index in [1.54, 1.807) is 24.3 Å². The van der Waals surface area contributed by atoms with Crippen LogP contribution in [0.15, 0.2) is 50.9 Å². The van der Waals surface area contributed by atoms with Crippen LogP contribution in [0, 0.1) is 18.3 Å². The molecule has 0 bridgehead atoms. The summed E-state index contributed by atoms with van der Waals surface area (Å²) < 4.78 is 1.46. The van der Waals surface area contributed by atoms with Crippen molar-refractivity contribution in [3.8, 4) is 6.07 Å². The van der Waals surface area contributed by atoms with Crippen LogP contribution in [0.5, 0.6) is 0 Å². The molecule has 23 heavy (non-hydrogen) atoms. The van der Waals surface area contributed by atoms with Crippen LogP contribution in [-0.2, 0) is 4.79 Å². The SMILES string of the molecule is Cc1cc(Br)c(NC(=O)/C(C#N)=C/c2ccccc2Cl)c(Br)c1. The number of carbonyl (C=O) groups is 1. The maximum atomic E-state index is 12.4. The third kappa shape index (κ3) is 4.44. The maximum Gasteiger partial charge on any atom is 0.266 e. The van der Waals surface area contributed by atoms with Gasteiger partial charge >= 0.3 is 0 Å². The van der Waals surface area contributed by atoms with Crippen LogP contribution in [0.4, 0.5) is 5.69 Å². The minimum Gasteiger partial charge on any atom is -0.319 e. The lowest BCUT2D eigenvalue weighted by Gasteiger charge is -2.10. The van der Waals surface area contributed by atoms with Gasteiger partial charge in [0.15, 0.2) is 0 Å². The molecule has 1 N–H and O–H groups in total. The van der Waals surface area contributed by atoms with Crippen LogP contribution < -0.4 is 5.32 Å². The number of nitrogens with one attached hydrogen (secondary N) is 1. The van der Waals surface area contributed by atoms with Gasteiger partial charge in [0, 0.05) is 14.0 Å². The second-order valence-electron chi connectivity index (χ2n) is 4.75. The summed E-state index contributed by atoms with van der Waals surface area (Å²) in [4.78, 5) is 12.4. The van der Waals surface area contributed by atoms with Crippen molar-refractivity contribution in [1.29, 1.82) is 5.26 Å². The van der Waals surface area contributed by atoms with E-state index in [1.807, 2.05) is 25.1 Å². The van der Waals surface area contributed by atoms with E-state index < -0.39 is 5.91 Å². The molecule has 1 amide bonds. The van der Waals surface area contributed by atoms with Crippen molar-refractivity contribution in [2.45, 2.75) is 6.92 Å². The summed E-state index contributed by atoms with van der Waals surface area (Å²) >= 11 is 12.9. The molecular formula is C17H11Br2ClN2O. The van der Waals surface area contributed by atoms with E-state index in [1.165, 1.54) is 6.08 Å². The van der Waals surface area contributed by atoms with Gasteiger partial charge in [0.25, 0.3) is 5.91 Å². The largest absolute Gasteiger partial charge is 0.319 e. The van der Waals surface area contributed by atoms with Crippen LogP contribution in [0.2, 0.25) is 5.02 Å². The van der Waals surface area contributed by atoms with Crippen LogP contribution in [0.1, 0.15) is 11.1 Å². The average Bonchev–Trinajstić information content (AvgIpc) is 2.49. The van der Waals surface area contributed by atoms with Crippen molar-refractivity contribution in [1.82, 2.24) is 0 Å². The maximum absolute atomic E-state index is 12.4. The highest BCUT2D eigenvalue weighted by Gasteiger charge is 2.14. The predicted molar refractivity (Wildman–Crippen MR) is 100 cm³/mol. The van der Waals surface area contributed by atoms with Gasteiger partial charge in [0.2, 0.25) is 0 Å². The molecule has 6 heteroatoms. The molecule has 116 valence electrons. The Morgan fingerprint density at radius 1 is 1.26 bits per heavy atom. The molecule has 0 spiro atoms. The Bertz CT molecular complexity index is 818. The van der Waals surface area contributed by atoms with Gasteiger partial charge in [0.1, 0.15) is 11.6 Å². The standard InChI is InChI=1S/C17H11Br2ClN2O/c1-10-6-13(18)16(14(19)7-10)22-17(23)12(9-21)8-11-4-2-3-5-15(11)20/h2-8H,1H3,(H,22,23)/b12-8+. The summed E-state index contributed by atoms with van der Waals surface area (Å²) in [5, 5.41) is 12.5. The van der Waals surface area contributed by atoms with E-state index in [9.17, 15) is 10.1 Å². The lowest BCUT2D eigenvalue weighted by molar-refractivity contribution is -0.112. The fourth-order valence-electron chi connectivity index (χ4n) is 1.90. The van der Waals surface area contributed by atoms with Crippen LogP contribution in [-0.4, -0.2) is 5.91 Å². The molecule has 0 aliphatic rings. The molecule has 0 saturated heterocycles. The van der Waals surface area contributed by atoms with E-state index >= 15 is 0 Å². The smallest absolute Gasteiger partial charge is 0.266 e. The zero-order valence-corrected chi connectivity index (χ0v) is 16.0. The van der Waals surface area contributed by atoms with Crippen molar-refractivity contribution >= 4 is 61.1 Å². The Hall–Kier alpha value is -1.61. The molecule has 0 heterocycles. The van der Waals surface area contributed by atoms with Crippen LogP contribution in [0.25, 0.3) is 6.08 Å². The van der Waals surface area contributed by atoms with Gasteiger partial charge in [-0.3, -0.25) is 4.79 Å². The number of carbonyl (C=O) groups excluding carboxylic acids is 1. The summed E-state index contributed by atoms with van der Waals surface area (Å²) in [6.07, 6.45) is 1.47. The predicted octanol–water partition coefficient (Wildman–Crippen LogP) is 5.72. The van der Waals surface area contributed by atoms with Crippen molar-refractivity contribution in [3.05, 3.63) is 67.1 Å².